The van der Waals surface area contributed by atoms with Crippen LogP contribution >= 0.6 is 62.5 Å². The Kier molecular flexibility index (Phi) is 6.19. The molecule has 0 radical (unpaired) electrons. The molecule has 0 atom stereocenters. The molecule has 1 N–H and O–H groups in total. The van der Waals surface area contributed by atoms with Crippen LogP contribution < -0.4 is 5.32 Å². The van der Waals surface area contributed by atoms with E-state index in [1.165, 1.54) is 23.9 Å². The molecule has 136 valence electrons. The number of carbonyl (C=O) groups excluding carboxylic acids is 1. The van der Waals surface area contributed by atoms with Gasteiger partial charge in [0.05, 0.1) is 26.5 Å². The lowest BCUT2D eigenvalue weighted by Crippen LogP contribution is -2.14. The Morgan fingerprint density at radius 3 is 2.65 bits per heavy atom. The zero-order valence-corrected chi connectivity index (χ0v) is 17.8. The highest BCUT2D eigenvalue weighted by Gasteiger charge is 2.16. The Morgan fingerprint density at radius 2 is 1.96 bits per heavy atom. The second-order valence-corrected chi connectivity index (χ2v) is 8.00. The van der Waals surface area contributed by atoms with Crippen LogP contribution in [0.3, 0.4) is 0 Å². The summed E-state index contributed by atoms with van der Waals surface area (Å²) in [4.78, 5) is 12.2. The highest BCUT2D eigenvalue weighted by Crippen LogP contribution is 2.32. The summed E-state index contributed by atoms with van der Waals surface area (Å²) in [7, 11) is 1.79. The van der Waals surface area contributed by atoms with Gasteiger partial charge in [-0.2, -0.15) is 0 Å². The molecule has 2 heterocycles. The molecule has 3 aromatic rings. The summed E-state index contributed by atoms with van der Waals surface area (Å²) in [6.07, 6.45) is 0. The number of amides is 1. The third-order valence-electron chi connectivity index (χ3n) is 3.24. The van der Waals surface area contributed by atoms with Gasteiger partial charge in [0.15, 0.2) is 21.4 Å². The van der Waals surface area contributed by atoms with Crippen molar-refractivity contribution < 1.29 is 9.21 Å². The average Bonchev–Trinajstić information content (AvgIpc) is 3.16. The predicted molar refractivity (Wildman–Crippen MR) is 107 cm³/mol. The van der Waals surface area contributed by atoms with Crippen molar-refractivity contribution in [2.24, 2.45) is 7.05 Å². The number of anilines is 1. The molecule has 0 saturated carbocycles. The summed E-state index contributed by atoms with van der Waals surface area (Å²) in [6.45, 7) is 0. The maximum absolute atomic E-state index is 12.2. The van der Waals surface area contributed by atoms with Gasteiger partial charge in [0.1, 0.15) is 0 Å². The molecule has 6 nitrogen and oxygen atoms in total. The number of nitrogens with zero attached hydrogens (tertiary/aromatic N) is 3. The fraction of sp³-hybridized carbons (Fsp3) is 0.133. The van der Waals surface area contributed by atoms with Crippen LogP contribution in [-0.4, -0.2) is 26.4 Å². The minimum atomic E-state index is -0.263. The topological polar surface area (TPSA) is 73.0 Å². The number of carbonyl (C=O) groups is 1. The molecule has 0 fully saturated rings. The van der Waals surface area contributed by atoms with Gasteiger partial charge in [-0.05, 0) is 40.2 Å². The van der Waals surface area contributed by atoms with E-state index in [1.54, 1.807) is 23.7 Å². The van der Waals surface area contributed by atoms with Crippen molar-refractivity contribution in [3.8, 4) is 11.6 Å². The monoisotopic (exact) mass is 494 g/mol. The molecule has 11 heteroatoms. The third-order valence-corrected chi connectivity index (χ3v) is 5.73. The number of halogens is 4. The van der Waals surface area contributed by atoms with Crippen molar-refractivity contribution in [2.45, 2.75) is 5.16 Å². The first-order valence-electron chi connectivity index (χ1n) is 7.07. The van der Waals surface area contributed by atoms with Gasteiger partial charge in [0.2, 0.25) is 5.91 Å². The van der Waals surface area contributed by atoms with E-state index in [4.69, 9.17) is 39.2 Å². The summed E-state index contributed by atoms with van der Waals surface area (Å²) in [5, 5.41) is 12.4. The summed E-state index contributed by atoms with van der Waals surface area (Å²) in [5.41, 5.74) is 0.394. The molecular weight excluding hydrogens is 487 g/mol. The van der Waals surface area contributed by atoms with Gasteiger partial charge in [0.25, 0.3) is 0 Å². The molecule has 3 rings (SSSR count). The second-order valence-electron chi connectivity index (χ2n) is 5.05. The summed E-state index contributed by atoms with van der Waals surface area (Å²) >= 11 is 22.4. The van der Waals surface area contributed by atoms with E-state index in [0.717, 1.165) is 0 Å². The van der Waals surface area contributed by atoms with Crippen LogP contribution in [0.1, 0.15) is 0 Å². The fourth-order valence-corrected chi connectivity index (χ4v) is 3.64. The summed E-state index contributed by atoms with van der Waals surface area (Å²) in [5.74, 6) is 0.988. The fourth-order valence-electron chi connectivity index (χ4n) is 2.02. The van der Waals surface area contributed by atoms with E-state index >= 15 is 0 Å². The Bertz CT molecular complexity index is 976. The van der Waals surface area contributed by atoms with Gasteiger partial charge in [-0.15, -0.1) is 10.2 Å². The molecule has 0 saturated heterocycles. The first kappa shape index (κ1) is 19.6. The zero-order chi connectivity index (χ0) is 18.8. The van der Waals surface area contributed by atoms with Crippen LogP contribution in [0.5, 0.6) is 0 Å². The number of nitrogens with one attached hydrogen (secondary N) is 1. The van der Waals surface area contributed by atoms with Gasteiger partial charge in [-0.1, -0.05) is 46.6 Å². The molecule has 0 bridgehead atoms. The van der Waals surface area contributed by atoms with Crippen molar-refractivity contribution in [2.75, 3.05) is 11.1 Å². The van der Waals surface area contributed by atoms with Gasteiger partial charge in [0, 0.05) is 7.05 Å². The third kappa shape index (κ3) is 4.37. The Balaban J connectivity index is 1.65. The molecule has 0 unspecified atom stereocenters. The van der Waals surface area contributed by atoms with E-state index in [0.29, 0.717) is 42.2 Å². The van der Waals surface area contributed by atoms with Crippen LogP contribution in [0.25, 0.3) is 11.6 Å². The number of benzene rings is 1. The Labute approximate surface area is 176 Å². The van der Waals surface area contributed by atoms with Crippen molar-refractivity contribution in [1.82, 2.24) is 14.8 Å². The minimum Gasteiger partial charge on any atom is -0.446 e. The summed E-state index contributed by atoms with van der Waals surface area (Å²) in [6, 6.07) is 6.53. The first-order chi connectivity index (χ1) is 12.3. The number of hydrogen-bond donors (Lipinski definition) is 1. The van der Waals surface area contributed by atoms with Gasteiger partial charge in [-0.3, -0.25) is 4.79 Å². The summed E-state index contributed by atoms with van der Waals surface area (Å²) < 4.78 is 7.81. The lowest BCUT2D eigenvalue weighted by atomic mass is 10.3. The molecular formula is C15H10BrCl3N4O2S. The van der Waals surface area contributed by atoms with E-state index in [9.17, 15) is 4.79 Å². The van der Waals surface area contributed by atoms with Gasteiger partial charge >= 0.3 is 0 Å². The van der Waals surface area contributed by atoms with Crippen molar-refractivity contribution in [3.05, 3.63) is 44.0 Å². The van der Waals surface area contributed by atoms with Crippen molar-refractivity contribution in [1.29, 1.82) is 0 Å². The highest BCUT2D eigenvalue weighted by atomic mass is 79.9. The molecule has 0 aliphatic rings. The lowest BCUT2D eigenvalue weighted by Gasteiger charge is -2.08. The lowest BCUT2D eigenvalue weighted by molar-refractivity contribution is -0.113. The molecule has 0 spiro atoms. The van der Waals surface area contributed by atoms with E-state index in [2.05, 4.69) is 31.4 Å². The molecule has 1 aromatic carbocycles. The molecule has 0 aliphatic heterocycles. The van der Waals surface area contributed by atoms with Gasteiger partial charge in [-0.25, -0.2) is 0 Å². The minimum absolute atomic E-state index is 0.115. The van der Waals surface area contributed by atoms with Gasteiger partial charge < -0.3 is 14.3 Å². The normalized spacial score (nSPS) is 11.0. The number of furan rings is 1. The molecule has 26 heavy (non-hydrogen) atoms. The van der Waals surface area contributed by atoms with Crippen LogP contribution in [-0.2, 0) is 11.8 Å². The average molecular weight is 497 g/mol. The standard InChI is InChI=1S/C15H10BrCl3N4O2S/c1-23-14(11-2-3-12(16)25-11)21-22-15(23)26-6-13(24)20-10-5-8(18)7(17)4-9(10)19/h2-5H,6H2,1H3,(H,20,24). The van der Waals surface area contributed by atoms with E-state index in [1.807, 2.05) is 0 Å². The molecule has 0 aliphatic carbocycles. The van der Waals surface area contributed by atoms with Crippen LogP contribution in [0, 0.1) is 0 Å². The van der Waals surface area contributed by atoms with Crippen LogP contribution in [0.15, 0.2) is 38.5 Å². The predicted octanol–water partition coefficient (Wildman–Crippen LogP) is 5.53. The zero-order valence-electron chi connectivity index (χ0n) is 13.1. The van der Waals surface area contributed by atoms with Crippen LogP contribution in [0.4, 0.5) is 5.69 Å². The maximum Gasteiger partial charge on any atom is 0.234 e. The van der Waals surface area contributed by atoms with Crippen molar-refractivity contribution >= 4 is 74.1 Å². The second kappa shape index (κ2) is 8.22. The Hall–Kier alpha value is -1.19. The molecule has 1 amide bonds. The smallest absolute Gasteiger partial charge is 0.234 e. The van der Waals surface area contributed by atoms with E-state index in [-0.39, 0.29) is 11.7 Å². The van der Waals surface area contributed by atoms with Crippen LogP contribution in [0.2, 0.25) is 15.1 Å². The largest absolute Gasteiger partial charge is 0.446 e. The molecule has 2 aromatic heterocycles. The quantitative estimate of drug-likeness (QED) is 0.372. The SMILES string of the molecule is Cn1c(SCC(=O)Nc2cc(Cl)c(Cl)cc2Cl)nnc1-c1ccc(Br)o1. The number of hydrogen-bond acceptors (Lipinski definition) is 5. The number of rotatable bonds is 5. The number of thioether (sulfide) groups is 1. The van der Waals surface area contributed by atoms with Crippen molar-refractivity contribution in [3.63, 3.8) is 0 Å². The highest BCUT2D eigenvalue weighted by molar-refractivity contribution is 9.10. The maximum atomic E-state index is 12.2. The first-order valence-corrected chi connectivity index (χ1v) is 9.98. The number of aromatic nitrogens is 3. The van der Waals surface area contributed by atoms with E-state index < -0.39 is 0 Å². The Morgan fingerprint density at radius 1 is 1.23 bits per heavy atom.